The average Bonchev–Trinajstić information content (AvgIpc) is 3.08. The van der Waals surface area contributed by atoms with Gasteiger partial charge in [0.15, 0.2) is 0 Å². The molecule has 0 amide bonds. The first kappa shape index (κ1) is 15.7. The molecular weight excluding hydrogens is 298 g/mol. The van der Waals surface area contributed by atoms with Crippen LogP contribution in [-0.2, 0) is 14.3 Å². The molecule has 120 valence electrons. The molecule has 3 rings (SSSR count). The molecule has 2 aliphatic rings. The fourth-order valence-corrected chi connectivity index (χ4v) is 3.53. The lowest BCUT2D eigenvalue weighted by atomic mass is 10.0. The van der Waals surface area contributed by atoms with Gasteiger partial charge in [-0.25, -0.2) is 4.98 Å². The molecule has 0 saturated carbocycles. The predicted molar refractivity (Wildman–Crippen MR) is 86.7 cm³/mol. The molecule has 0 N–H and O–H groups in total. The zero-order chi connectivity index (χ0) is 15.5. The lowest BCUT2D eigenvalue weighted by Gasteiger charge is -2.18. The van der Waals surface area contributed by atoms with Crippen LogP contribution in [0.2, 0.25) is 0 Å². The summed E-state index contributed by atoms with van der Waals surface area (Å²) in [7, 11) is 0. The van der Waals surface area contributed by atoms with Crippen molar-refractivity contribution in [3.63, 3.8) is 0 Å². The normalized spacial score (nSPS) is 30.2. The number of nitrogens with zero attached hydrogens (tertiary/aromatic N) is 1. The number of aromatic nitrogens is 1. The number of carbonyl (C=O) groups excluding carboxylic acids is 1. The van der Waals surface area contributed by atoms with Crippen molar-refractivity contribution in [1.29, 1.82) is 0 Å². The minimum Gasteiger partial charge on any atom is -0.458 e. The zero-order valence-electron chi connectivity index (χ0n) is 13.2. The molecule has 5 heteroatoms. The summed E-state index contributed by atoms with van der Waals surface area (Å²) in [6, 6.07) is 0. The third-order valence-corrected chi connectivity index (χ3v) is 5.09. The Morgan fingerprint density at radius 3 is 3.00 bits per heavy atom. The van der Waals surface area contributed by atoms with E-state index in [-0.39, 0.29) is 18.2 Å². The monoisotopic (exact) mass is 321 g/mol. The number of epoxide rings is 1. The second-order valence-corrected chi connectivity index (χ2v) is 7.27. The molecule has 0 unspecified atom stereocenters. The number of ether oxygens (including phenoxy) is 2. The van der Waals surface area contributed by atoms with Crippen LogP contribution in [0, 0.1) is 6.92 Å². The number of fused-ring (bicyclic) bond motifs is 1. The van der Waals surface area contributed by atoms with Crippen LogP contribution in [0.1, 0.15) is 56.2 Å². The van der Waals surface area contributed by atoms with Crippen LogP contribution < -0.4 is 0 Å². The van der Waals surface area contributed by atoms with Crippen LogP contribution in [0.25, 0.3) is 6.08 Å². The Hall–Kier alpha value is -1.20. The van der Waals surface area contributed by atoms with Gasteiger partial charge in [-0.2, -0.15) is 0 Å². The van der Waals surface area contributed by atoms with E-state index in [1.807, 2.05) is 25.3 Å². The highest BCUT2D eigenvalue weighted by Crippen LogP contribution is 2.34. The van der Waals surface area contributed by atoms with Crippen LogP contribution in [0.15, 0.2) is 11.0 Å². The van der Waals surface area contributed by atoms with Gasteiger partial charge < -0.3 is 9.47 Å². The standard InChI is InChI=1S/C17H23NO3S/c1-11(8-13-10-22-12(2)18-13)15-9-16-14(20-16)6-4-3-5-7-17(19)21-15/h8,10,14-16H,3-7,9H2,1-2H3/b11-8+/t14-,15+,16+/m1/s1. The Balaban J connectivity index is 1.72. The Labute approximate surface area is 135 Å². The first-order valence-electron chi connectivity index (χ1n) is 8.07. The molecule has 2 aliphatic heterocycles. The number of thiazole rings is 1. The van der Waals surface area contributed by atoms with Crippen molar-refractivity contribution in [3.8, 4) is 0 Å². The summed E-state index contributed by atoms with van der Waals surface area (Å²) in [6.07, 6.45) is 7.99. The Morgan fingerprint density at radius 1 is 1.36 bits per heavy atom. The van der Waals surface area contributed by atoms with Gasteiger partial charge in [0.1, 0.15) is 6.10 Å². The average molecular weight is 321 g/mol. The van der Waals surface area contributed by atoms with E-state index >= 15 is 0 Å². The van der Waals surface area contributed by atoms with Crippen molar-refractivity contribution < 1.29 is 14.3 Å². The van der Waals surface area contributed by atoms with Crippen molar-refractivity contribution in [2.24, 2.45) is 0 Å². The molecular formula is C17H23NO3S. The molecule has 1 aromatic heterocycles. The summed E-state index contributed by atoms with van der Waals surface area (Å²) >= 11 is 1.63. The first-order chi connectivity index (χ1) is 10.6. The van der Waals surface area contributed by atoms with E-state index in [4.69, 9.17) is 9.47 Å². The van der Waals surface area contributed by atoms with Crippen molar-refractivity contribution in [1.82, 2.24) is 4.98 Å². The fourth-order valence-electron chi connectivity index (χ4n) is 2.96. The lowest BCUT2D eigenvalue weighted by Crippen LogP contribution is -2.21. The van der Waals surface area contributed by atoms with Gasteiger partial charge in [0.05, 0.1) is 22.9 Å². The molecule has 0 aliphatic carbocycles. The van der Waals surface area contributed by atoms with Crippen LogP contribution in [-0.4, -0.2) is 29.3 Å². The van der Waals surface area contributed by atoms with E-state index in [9.17, 15) is 4.79 Å². The van der Waals surface area contributed by atoms with E-state index in [2.05, 4.69) is 4.98 Å². The lowest BCUT2D eigenvalue weighted by molar-refractivity contribution is -0.147. The highest BCUT2D eigenvalue weighted by atomic mass is 32.1. The van der Waals surface area contributed by atoms with E-state index in [0.29, 0.717) is 12.5 Å². The van der Waals surface area contributed by atoms with Gasteiger partial charge in [-0.1, -0.05) is 12.8 Å². The van der Waals surface area contributed by atoms with Crippen molar-refractivity contribution in [2.45, 2.75) is 70.7 Å². The number of carbonyl (C=O) groups is 1. The molecule has 0 aromatic carbocycles. The van der Waals surface area contributed by atoms with Crippen LogP contribution >= 0.6 is 11.3 Å². The second kappa shape index (κ2) is 6.92. The summed E-state index contributed by atoms with van der Waals surface area (Å²) in [6.45, 7) is 4.01. The largest absolute Gasteiger partial charge is 0.458 e. The first-order valence-corrected chi connectivity index (χ1v) is 8.95. The van der Waals surface area contributed by atoms with Gasteiger partial charge in [0.2, 0.25) is 0 Å². The fraction of sp³-hybridized carbons (Fsp3) is 0.647. The quantitative estimate of drug-likeness (QED) is 0.612. The van der Waals surface area contributed by atoms with E-state index in [0.717, 1.165) is 48.4 Å². The molecule has 3 atom stereocenters. The maximum absolute atomic E-state index is 12.0. The molecule has 22 heavy (non-hydrogen) atoms. The van der Waals surface area contributed by atoms with Gasteiger partial charge in [-0.3, -0.25) is 4.79 Å². The molecule has 1 aromatic rings. The van der Waals surface area contributed by atoms with E-state index < -0.39 is 0 Å². The van der Waals surface area contributed by atoms with Gasteiger partial charge in [0, 0.05) is 18.2 Å². The van der Waals surface area contributed by atoms with E-state index in [1.165, 1.54) is 0 Å². The van der Waals surface area contributed by atoms with Crippen LogP contribution in [0.3, 0.4) is 0 Å². The highest BCUT2D eigenvalue weighted by Gasteiger charge is 2.41. The molecule has 0 spiro atoms. The summed E-state index contributed by atoms with van der Waals surface area (Å²) in [4.78, 5) is 16.5. The minimum absolute atomic E-state index is 0.0914. The predicted octanol–water partition coefficient (Wildman–Crippen LogP) is 3.89. The maximum atomic E-state index is 12.0. The highest BCUT2D eigenvalue weighted by molar-refractivity contribution is 7.09. The third-order valence-electron chi connectivity index (χ3n) is 4.30. The van der Waals surface area contributed by atoms with Gasteiger partial charge in [0.25, 0.3) is 0 Å². The number of hydrogen-bond acceptors (Lipinski definition) is 5. The molecule has 2 fully saturated rings. The molecule has 2 saturated heterocycles. The van der Waals surface area contributed by atoms with Crippen LogP contribution in [0.4, 0.5) is 0 Å². The third kappa shape index (κ3) is 4.17. The number of cyclic esters (lactones) is 1. The van der Waals surface area contributed by atoms with E-state index in [1.54, 1.807) is 11.3 Å². The second-order valence-electron chi connectivity index (χ2n) is 6.21. The van der Waals surface area contributed by atoms with Crippen molar-refractivity contribution in [3.05, 3.63) is 21.7 Å². The molecule has 4 nitrogen and oxygen atoms in total. The topological polar surface area (TPSA) is 51.7 Å². The number of esters is 1. The van der Waals surface area contributed by atoms with Crippen molar-refractivity contribution in [2.75, 3.05) is 0 Å². The summed E-state index contributed by atoms with van der Waals surface area (Å²) in [5.41, 5.74) is 1.99. The summed E-state index contributed by atoms with van der Waals surface area (Å²) in [5, 5.41) is 3.08. The zero-order valence-corrected chi connectivity index (χ0v) is 14.0. The number of aryl methyl sites for hydroxylation is 1. The van der Waals surface area contributed by atoms with Gasteiger partial charge >= 0.3 is 5.97 Å². The minimum atomic E-state index is -0.192. The van der Waals surface area contributed by atoms with Gasteiger partial charge in [-0.15, -0.1) is 11.3 Å². The maximum Gasteiger partial charge on any atom is 0.306 e. The molecule has 3 heterocycles. The van der Waals surface area contributed by atoms with Crippen molar-refractivity contribution >= 4 is 23.4 Å². The Kier molecular flexibility index (Phi) is 4.93. The van der Waals surface area contributed by atoms with Gasteiger partial charge in [-0.05, 0) is 38.3 Å². The Morgan fingerprint density at radius 2 is 2.23 bits per heavy atom. The number of hydrogen-bond donors (Lipinski definition) is 0. The Bertz CT molecular complexity index is 566. The van der Waals surface area contributed by atoms with Crippen LogP contribution in [0.5, 0.6) is 0 Å². The SMILES string of the molecule is C/C(=C\c1csc(C)n1)[C@@H]1C[C@@H]2O[C@@H]2CCCCCC(=O)O1. The molecule has 0 radical (unpaired) electrons. The molecule has 0 bridgehead atoms. The summed E-state index contributed by atoms with van der Waals surface area (Å²) in [5.74, 6) is -0.0914. The summed E-state index contributed by atoms with van der Waals surface area (Å²) < 4.78 is 11.4. The smallest absolute Gasteiger partial charge is 0.306 e. The number of rotatable bonds is 2.